The molecule has 2 heterocycles. The number of hydrogen-bond acceptors (Lipinski definition) is 3. The van der Waals surface area contributed by atoms with E-state index < -0.39 is 0 Å². The SMILES string of the molecule is CCn1nc(C)c(Br)c1CC(=O)C1CCCN1. The lowest BCUT2D eigenvalue weighted by Gasteiger charge is -2.10. The molecule has 1 saturated heterocycles. The molecule has 0 radical (unpaired) electrons. The Morgan fingerprint density at radius 2 is 2.41 bits per heavy atom. The largest absolute Gasteiger partial charge is 0.307 e. The topological polar surface area (TPSA) is 46.9 Å². The van der Waals surface area contributed by atoms with Crippen molar-refractivity contribution >= 4 is 21.7 Å². The number of hydrogen-bond donors (Lipinski definition) is 1. The van der Waals surface area contributed by atoms with Gasteiger partial charge in [-0.2, -0.15) is 5.10 Å². The fraction of sp³-hybridized carbons (Fsp3) is 0.667. The Balaban J connectivity index is 2.14. The number of carbonyl (C=O) groups is 1. The van der Waals surface area contributed by atoms with E-state index >= 15 is 0 Å². The summed E-state index contributed by atoms with van der Waals surface area (Å²) in [6.45, 7) is 5.76. The van der Waals surface area contributed by atoms with Crippen LogP contribution in [0.25, 0.3) is 0 Å². The Hall–Kier alpha value is -0.680. The number of nitrogens with one attached hydrogen (secondary N) is 1. The van der Waals surface area contributed by atoms with Crippen LogP contribution in [0.1, 0.15) is 31.2 Å². The van der Waals surface area contributed by atoms with E-state index in [4.69, 9.17) is 0 Å². The second kappa shape index (κ2) is 5.31. The first kappa shape index (κ1) is 12.8. The fourth-order valence-corrected chi connectivity index (χ4v) is 2.71. The van der Waals surface area contributed by atoms with Gasteiger partial charge in [0.25, 0.3) is 0 Å². The molecule has 1 N–H and O–H groups in total. The van der Waals surface area contributed by atoms with Crippen LogP contribution in [0.4, 0.5) is 0 Å². The van der Waals surface area contributed by atoms with Crippen LogP contribution in [0.5, 0.6) is 0 Å². The molecule has 0 aliphatic carbocycles. The van der Waals surface area contributed by atoms with Gasteiger partial charge < -0.3 is 5.32 Å². The fourth-order valence-electron chi connectivity index (χ4n) is 2.29. The maximum absolute atomic E-state index is 12.1. The predicted octanol–water partition coefficient (Wildman–Crippen LogP) is 1.84. The molecule has 1 unspecified atom stereocenters. The number of nitrogens with zero attached hydrogens (tertiary/aromatic N) is 2. The van der Waals surface area contributed by atoms with Gasteiger partial charge in [-0.1, -0.05) is 0 Å². The number of rotatable bonds is 4. The third-order valence-electron chi connectivity index (χ3n) is 3.24. The molecule has 1 aromatic rings. The van der Waals surface area contributed by atoms with Crippen molar-refractivity contribution in [1.82, 2.24) is 15.1 Å². The van der Waals surface area contributed by atoms with E-state index in [0.29, 0.717) is 6.42 Å². The number of aromatic nitrogens is 2. The third-order valence-corrected chi connectivity index (χ3v) is 4.27. The summed E-state index contributed by atoms with van der Waals surface area (Å²) in [4.78, 5) is 12.1. The minimum atomic E-state index is 0.0439. The summed E-state index contributed by atoms with van der Waals surface area (Å²) in [6.07, 6.45) is 2.53. The maximum atomic E-state index is 12.1. The van der Waals surface area contributed by atoms with E-state index in [0.717, 1.165) is 41.8 Å². The van der Waals surface area contributed by atoms with Crippen molar-refractivity contribution in [3.63, 3.8) is 0 Å². The molecule has 17 heavy (non-hydrogen) atoms. The van der Waals surface area contributed by atoms with Crippen molar-refractivity contribution in [2.24, 2.45) is 0 Å². The van der Waals surface area contributed by atoms with E-state index in [1.165, 1.54) is 0 Å². The minimum Gasteiger partial charge on any atom is -0.307 e. The molecule has 0 saturated carbocycles. The van der Waals surface area contributed by atoms with Crippen molar-refractivity contribution in [1.29, 1.82) is 0 Å². The lowest BCUT2D eigenvalue weighted by atomic mass is 10.1. The Kier molecular flexibility index (Phi) is 3.99. The quantitative estimate of drug-likeness (QED) is 0.923. The van der Waals surface area contributed by atoms with Gasteiger partial charge in [0.1, 0.15) is 0 Å². The molecule has 1 aliphatic heterocycles. The number of carbonyl (C=O) groups excluding carboxylic acids is 1. The molecule has 1 atom stereocenters. The van der Waals surface area contributed by atoms with Gasteiger partial charge in [0, 0.05) is 6.54 Å². The number of ketones is 1. The van der Waals surface area contributed by atoms with Gasteiger partial charge in [-0.15, -0.1) is 0 Å². The van der Waals surface area contributed by atoms with Crippen molar-refractivity contribution in [2.45, 2.75) is 45.7 Å². The van der Waals surface area contributed by atoms with Crippen LogP contribution < -0.4 is 5.32 Å². The highest BCUT2D eigenvalue weighted by Gasteiger charge is 2.24. The minimum absolute atomic E-state index is 0.0439. The van der Waals surface area contributed by atoms with E-state index in [-0.39, 0.29) is 11.8 Å². The summed E-state index contributed by atoms with van der Waals surface area (Å²) in [6, 6.07) is 0.0439. The van der Waals surface area contributed by atoms with Gasteiger partial charge in [-0.3, -0.25) is 9.48 Å². The smallest absolute Gasteiger partial charge is 0.155 e. The van der Waals surface area contributed by atoms with Crippen LogP contribution in [0, 0.1) is 6.92 Å². The molecule has 0 bridgehead atoms. The summed E-state index contributed by atoms with van der Waals surface area (Å²) in [5.74, 6) is 0.276. The van der Waals surface area contributed by atoms with Gasteiger partial charge in [0.2, 0.25) is 0 Å². The van der Waals surface area contributed by atoms with Gasteiger partial charge >= 0.3 is 0 Å². The number of halogens is 1. The Morgan fingerprint density at radius 1 is 1.65 bits per heavy atom. The molecule has 0 spiro atoms. The van der Waals surface area contributed by atoms with E-state index in [9.17, 15) is 4.79 Å². The van der Waals surface area contributed by atoms with Crippen LogP contribution in [0.3, 0.4) is 0 Å². The molecule has 5 heteroatoms. The second-order valence-corrected chi connectivity index (χ2v) is 5.25. The van der Waals surface area contributed by atoms with Crippen molar-refractivity contribution in [2.75, 3.05) is 6.54 Å². The zero-order valence-corrected chi connectivity index (χ0v) is 11.9. The van der Waals surface area contributed by atoms with Crippen LogP contribution in [-0.4, -0.2) is 28.2 Å². The highest BCUT2D eigenvalue weighted by molar-refractivity contribution is 9.10. The summed E-state index contributed by atoms with van der Waals surface area (Å²) in [7, 11) is 0. The van der Waals surface area contributed by atoms with Gasteiger partial charge in [-0.05, 0) is 49.2 Å². The lowest BCUT2D eigenvalue weighted by molar-refractivity contribution is -0.120. The lowest BCUT2D eigenvalue weighted by Crippen LogP contribution is -2.32. The van der Waals surface area contributed by atoms with Gasteiger partial charge in [-0.25, -0.2) is 0 Å². The van der Waals surface area contributed by atoms with Gasteiger partial charge in [0.05, 0.1) is 28.3 Å². The van der Waals surface area contributed by atoms with Gasteiger partial charge in [0.15, 0.2) is 5.78 Å². The molecule has 1 aliphatic rings. The Morgan fingerprint density at radius 3 is 3.00 bits per heavy atom. The first-order valence-corrected chi connectivity index (χ1v) is 6.90. The summed E-state index contributed by atoms with van der Waals surface area (Å²) in [5.41, 5.74) is 1.96. The maximum Gasteiger partial charge on any atom is 0.155 e. The summed E-state index contributed by atoms with van der Waals surface area (Å²) < 4.78 is 2.89. The highest BCUT2D eigenvalue weighted by Crippen LogP contribution is 2.22. The third kappa shape index (κ3) is 2.60. The van der Waals surface area contributed by atoms with Crippen LogP contribution in [0.2, 0.25) is 0 Å². The summed E-state index contributed by atoms with van der Waals surface area (Å²) >= 11 is 3.52. The predicted molar refractivity (Wildman–Crippen MR) is 70.1 cm³/mol. The zero-order valence-electron chi connectivity index (χ0n) is 10.3. The van der Waals surface area contributed by atoms with Crippen molar-refractivity contribution in [3.05, 3.63) is 15.9 Å². The normalized spacial score (nSPS) is 19.8. The standard InChI is InChI=1S/C12H18BrN3O/c1-3-16-10(12(13)8(2)15-16)7-11(17)9-5-4-6-14-9/h9,14H,3-7H2,1-2H3. The second-order valence-electron chi connectivity index (χ2n) is 4.45. The Bertz CT molecular complexity index is 422. The molecule has 0 amide bonds. The summed E-state index contributed by atoms with van der Waals surface area (Å²) in [5, 5.41) is 7.65. The highest BCUT2D eigenvalue weighted by atomic mass is 79.9. The molecule has 2 rings (SSSR count). The molecule has 1 aromatic heterocycles. The Labute approximate surface area is 110 Å². The molecular formula is C12H18BrN3O. The molecule has 1 fully saturated rings. The first-order valence-electron chi connectivity index (χ1n) is 6.11. The number of aryl methyl sites for hydroxylation is 2. The van der Waals surface area contributed by atoms with Crippen LogP contribution >= 0.6 is 15.9 Å². The van der Waals surface area contributed by atoms with E-state index in [2.05, 4.69) is 26.3 Å². The zero-order chi connectivity index (χ0) is 12.4. The molecule has 4 nitrogen and oxygen atoms in total. The van der Waals surface area contributed by atoms with E-state index in [1.54, 1.807) is 0 Å². The average molecular weight is 300 g/mol. The average Bonchev–Trinajstić information content (AvgIpc) is 2.92. The molecule has 0 aromatic carbocycles. The van der Waals surface area contributed by atoms with Crippen molar-refractivity contribution in [3.8, 4) is 0 Å². The number of Topliss-reactive ketones (excluding diaryl/α,β-unsaturated/α-hetero) is 1. The monoisotopic (exact) mass is 299 g/mol. The van der Waals surface area contributed by atoms with Crippen molar-refractivity contribution < 1.29 is 4.79 Å². The van der Waals surface area contributed by atoms with E-state index in [1.807, 2.05) is 18.5 Å². The molecule has 94 valence electrons. The first-order chi connectivity index (χ1) is 8.13. The molecular weight excluding hydrogens is 282 g/mol. The van der Waals surface area contributed by atoms with Crippen LogP contribution in [-0.2, 0) is 17.8 Å². The van der Waals surface area contributed by atoms with Crippen LogP contribution in [0.15, 0.2) is 4.47 Å².